The van der Waals surface area contributed by atoms with E-state index in [4.69, 9.17) is 5.73 Å². The molecule has 2 N–H and O–H groups in total. The Hall–Kier alpha value is -2.40. The van der Waals surface area contributed by atoms with Crippen molar-refractivity contribution < 1.29 is 9.18 Å². The second-order valence-electron chi connectivity index (χ2n) is 6.07. The number of benzene rings is 2. The van der Waals surface area contributed by atoms with Crippen LogP contribution >= 0.6 is 0 Å². The number of rotatable bonds is 5. The molecule has 0 aromatic heterocycles. The summed E-state index contributed by atoms with van der Waals surface area (Å²) < 4.78 is 13.2. The zero-order valence-corrected chi connectivity index (χ0v) is 13.6. The number of carbonyl (C=O) groups is 1. The minimum absolute atomic E-state index is 0.00666. The van der Waals surface area contributed by atoms with Crippen molar-refractivity contribution in [3.05, 3.63) is 59.9 Å². The van der Waals surface area contributed by atoms with Crippen molar-refractivity contribution in [3.8, 4) is 0 Å². The van der Waals surface area contributed by atoms with Crippen molar-refractivity contribution in [2.75, 3.05) is 43.4 Å². The first-order chi connectivity index (χ1) is 11.6. The van der Waals surface area contributed by atoms with E-state index in [2.05, 4.69) is 34.1 Å². The quantitative estimate of drug-likeness (QED) is 0.678. The number of para-hydroxylation sites is 1. The first kappa shape index (κ1) is 16.5. The van der Waals surface area contributed by atoms with Gasteiger partial charge in [-0.2, -0.15) is 0 Å². The maximum atomic E-state index is 13.2. The predicted octanol–water partition coefficient (Wildman–Crippen LogP) is 2.80. The molecule has 1 aliphatic rings. The van der Waals surface area contributed by atoms with Gasteiger partial charge in [-0.25, -0.2) is 4.39 Å². The Labute approximate surface area is 141 Å². The topological polar surface area (TPSA) is 49.6 Å². The van der Waals surface area contributed by atoms with Gasteiger partial charge in [0.25, 0.3) is 0 Å². The summed E-state index contributed by atoms with van der Waals surface area (Å²) in [5.41, 5.74) is 7.28. The van der Waals surface area contributed by atoms with Gasteiger partial charge in [-0.3, -0.25) is 9.69 Å². The molecule has 0 atom stereocenters. The highest BCUT2D eigenvalue weighted by Crippen LogP contribution is 2.17. The van der Waals surface area contributed by atoms with Crippen molar-refractivity contribution in [1.29, 1.82) is 0 Å². The van der Waals surface area contributed by atoms with E-state index in [1.807, 2.05) is 6.07 Å². The standard InChI is InChI=1S/C19H22FN3O/c20-17-7-6-15(14-18(17)21)19(24)8-9-22-10-12-23(13-11-22)16-4-2-1-3-5-16/h1-7,14H,8-13,21H2. The number of carbonyl (C=O) groups excluding carboxylic acids is 1. The molecule has 2 aromatic rings. The van der Waals surface area contributed by atoms with Gasteiger partial charge < -0.3 is 10.6 Å². The van der Waals surface area contributed by atoms with Crippen molar-refractivity contribution >= 4 is 17.2 Å². The molecule has 126 valence electrons. The summed E-state index contributed by atoms with van der Waals surface area (Å²) in [6, 6.07) is 14.5. The van der Waals surface area contributed by atoms with Gasteiger partial charge in [0.1, 0.15) is 5.82 Å². The van der Waals surface area contributed by atoms with E-state index in [0.717, 1.165) is 32.7 Å². The van der Waals surface area contributed by atoms with Crippen LogP contribution in [0.4, 0.5) is 15.8 Å². The average molecular weight is 327 g/mol. The minimum atomic E-state index is -0.483. The largest absolute Gasteiger partial charge is 0.396 e. The van der Waals surface area contributed by atoms with Crippen LogP contribution in [0.5, 0.6) is 0 Å². The van der Waals surface area contributed by atoms with Gasteiger partial charge in [0.15, 0.2) is 5.78 Å². The second kappa shape index (κ2) is 7.45. The van der Waals surface area contributed by atoms with Gasteiger partial charge in [0, 0.05) is 50.4 Å². The molecular weight excluding hydrogens is 305 g/mol. The molecule has 3 rings (SSSR count). The number of Topliss-reactive ketones (excluding diaryl/α,β-unsaturated/α-hetero) is 1. The summed E-state index contributed by atoms with van der Waals surface area (Å²) in [6.07, 6.45) is 0.427. The summed E-state index contributed by atoms with van der Waals surface area (Å²) in [4.78, 5) is 16.9. The molecule has 2 aromatic carbocycles. The molecule has 24 heavy (non-hydrogen) atoms. The van der Waals surface area contributed by atoms with Crippen LogP contribution in [0.1, 0.15) is 16.8 Å². The molecule has 0 radical (unpaired) electrons. The maximum absolute atomic E-state index is 13.2. The van der Waals surface area contributed by atoms with Gasteiger partial charge in [-0.1, -0.05) is 18.2 Å². The highest BCUT2D eigenvalue weighted by Gasteiger charge is 2.18. The number of nitrogens with two attached hydrogens (primary N) is 1. The van der Waals surface area contributed by atoms with Gasteiger partial charge in [-0.05, 0) is 30.3 Å². The van der Waals surface area contributed by atoms with Crippen LogP contribution in [0.2, 0.25) is 0 Å². The Kier molecular flexibility index (Phi) is 5.11. The number of halogens is 1. The van der Waals surface area contributed by atoms with Gasteiger partial charge >= 0.3 is 0 Å². The van der Waals surface area contributed by atoms with Crippen LogP contribution in [-0.4, -0.2) is 43.4 Å². The van der Waals surface area contributed by atoms with Crippen molar-refractivity contribution in [3.63, 3.8) is 0 Å². The lowest BCUT2D eigenvalue weighted by molar-refractivity contribution is 0.0962. The Morgan fingerprint density at radius 3 is 2.42 bits per heavy atom. The monoisotopic (exact) mass is 327 g/mol. The van der Waals surface area contributed by atoms with Gasteiger partial charge in [0.2, 0.25) is 0 Å². The third-order valence-electron chi connectivity index (χ3n) is 4.47. The first-order valence-electron chi connectivity index (χ1n) is 8.24. The fraction of sp³-hybridized carbons (Fsp3) is 0.316. The molecule has 0 spiro atoms. The smallest absolute Gasteiger partial charge is 0.164 e. The molecule has 1 saturated heterocycles. The molecule has 5 heteroatoms. The molecule has 1 fully saturated rings. The molecule has 0 amide bonds. The lowest BCUT2D eigenvalue weighted by atomic mass is 10.1. The van der Waals surface area contributed by atoms with E-state index in [9.17, 15) is 9.18 Å². The van der Waals surface area contributed by atoms with Crippen LogP contribution in [0.3, 0.4) is 0 Å². The molecule has 0 aliphatic carbocycles. The predicted molar refractivity (Wildman–Crippen MR) is 94.9 cm³/mol. The van der Waals surface area contributed by atoms with E-state index in [1.54, 1.807) is 0 Å². The maximum Gasteiger partial charge on any atom is 0.164 e. The fourth-order valence-electron chi connectivity index (χ4n) is 2.99. The minimum Gasteiger partial charge on any atom is -0.396 e. The van der Waals surface area contributed by atoms with Crippen LogP contribution in [0, 0.1) is 5.82 Å². The number of anilines is 2. The third-order valence-corrected chi connectivity index (χ3v) is 4.47. The molecule has 1 heterocycles. The van der Waals surface area contributed by atoms with Crippen molar-refractivity contribution in [1.82, 2.24) is 4.90 Å². The third kappa shape index (κ3) is 3.92. The summed E-state index contributed by atoms with van der Waals surface area (Å²) in [6.45, 7) is 4.52. The Bertz CT molecular complexity index is 697. The zero-order valence-electron chi connectivity index (χ0n) is 13.6. The van der Waals surface area contributed by atoms with E-state index in [-0.39, 0.29) is 11.5 Å². The zero-order chi connectivity index (χ0) is 16.9. The van der Waals surface area contributed by atoms with Crippen LogP contribution in [-0.2, 0) is 0 Å². The van der Waals surface area contributed by atoms with Crippen LogP contribution in [0.25, 0.3) is 0 Å². The molecule has 0 bridgehead atoms. The van der Waals surface area contributed by atoms with Crippen molar-refractivity contribution in [2.24, 2.45) is 0 Å². The summed E-state index contributed by atoms with van der Waals surface area (Å²) in [5, 5.41) is 0. The molecule has 0 saturated carbocycles. The lowest BCUT2D eigenvalue weighted by Crippen LogP contribution is -2.46. The van der Waals surface area contributed by atoms with E-state index in [0.29, 0.717) is 12.0 Å². The lowest BCUT2D eigenvalue weighted by Gasteiger charge is -2.36. The molecular formula is C19H22FN3O. The molecule has 1 aliphatic heterocycles. The van der Waals surface area contributed by atoms with Crippen LogP contribution < -0.4 is 10.6 Å². The van der Waals surface area contributed by atoms with E-state index < -0.39 is 5.82 Å². The molecule has 4 nitrogen and oxygen atoms in total. The highest BCUT2D eigenvalue weighted by molar-refractivity contribution is 5.96. The number of nitrogen functional groups attached to an aromatic ring is 1. The number of nitrogens with zero attached hydrogens (tertiary/aromatic N) is 2. The number of hydrogen-bond donors (Lipinski definition) is 1. The van der Waals surface area contributed by atoms with Gasteiger partial charge in [-0.15, -0.1) is 0 Å². The average Bonchev–Trinajstić information content (AvgIpc) is 2.63. The summed E-state index contributed by atoms with van der Waals surface area (Å²) >= 11 is 0. The Morgan fingerprint density at radius 2 is 1.75 bits per heavy atom. The number of hydrogen-bond acceptors (Lipinski definition) is 4. The highest BCUT2D eigenvalue weighted by atomic mass is 19.1. The van der Waals surface area contributed by atoms with E-state index in [1.165, 1.54) is 23.9 Å². The number of ketones is 1. The van der Waals surface area contributed by atoms with Crippen LogP contribution in [0.15, 0.2) is 48.5 Å². The van der Waals surface area contributed by atoms with Gasteiger partial charge in [0.05, 0.1) is 5.69 Å². The molecule has 0 unspecified atom stereocenters. The Morgan fingerprint density at radius 1 is 1.04 bits per heavy atom. The summed E-state index contributed by atoms with van der Waals surface area (Å²) in [7, 11) is 0. The first-order valence-corrected chi connectivity index (χ1v) is 8.24. The Balaban J connectivity index is 1.48. The second-order valence-corrected chi connectivity index (χ2v) is 6.07. The summed E-state index contributed by atoms with van der Waals surface area (Å²) in [5.74, 6) is -0.476. The van der Waals surface area contributed by atoms with Crippen molar-refractivity contribution in [2.45, 2.75) is 6.42 Å². The number of piperazine rings is 1. The SMILES string of the molecule is Nc1cc(C(=O)CCN2CCN(c3ccccc3)CC2)ccc1F. The normalized spacial score (nSPS) is 15.5. The van der Waals surface area contributed by atoms with E-state index >= 15 is 0 Å². The fourth-order valence-corrected chi connectivity index (χ4v) is 2.99.